The monoisotopic (exact) mass is 172 g/mol. The minimum Gasteiger partial charge on any atom is -0.153 e. The summed E-state index contributed by atoms with van der Waals surface area (Å²) < 4.78 is 0. The van der Waals surface area contributed by atoms with Crippen LogP contribution in [-0.2, 0) is 36.5 Å². The molecule has 0 aliphatic heterocycles. The normalized spacial score (nSPS) is 0. The van der Waals surface area contributed by atoms with Gasteiger partial charge in [-0.05, 0) is 0 Å². The Morgan fingerprint density at radius 3 is 1.00 bits per heavy atom. The van der Waals surface area contributed by atoms with Gasteiger partial charge in [-0.2, -0.15) is 9.90 Å². The van der Waals surface area contributed by atoms with Crippen LogP contribution in [-0.4, -0.2) is 8.41 Å². The second-order valence-corrected chi connectivity index (χ2v) is 0. The van der Waals surface area contributed by atoms with Gasteiger partial charge in [0, 0.05) is 45.0 Å². The summed E-state index contributed by atoms with van der Waals surface area (Å²) in [4.78, 5) is 0. The summed E-state index contributed by atoms with van der Waals surface area (Å²) in [6, 6.07) is 0. The van der Waals surface area contributed by atoms with Crippen molar-refractivity contribution in [3.05, 3.63) is 0 Å². The van der Waals surface area contributed by atoms with Crippen LogP contribution < -0.4 is 0 Å². The maximum Gasteiger partial charge on any atom is 0 e. The minimum atomic E-state index is 0. The van der Waals surface area contributed by atoms with E-state index >= 15 is 0 Å². The van der Waals surface area contributed by atoms with E-state index in [1.807, 2.05) is 0 Å². The SMILES string of the molecule is P.[B].[Cu].[Zn]. The number of hydrogen-bond acceptors (Lipinski definition) is 0. The molecule has 0 aliphatic rings. The summed E-state index contributed by atoms with van der Waals surface area (Å²) in [5.74, 6) is 0. The zero-order valence-corrected chi connectivity index (χ0v) is 7.62. The van der Waals surface area contributed by atoms with Crippen LogP contribution in [0, 0.1) is 0 Å². The third kappa shape index (κ3) is 9.44. The van der Waals surface area contributed by atoms with E-state index in [-0.39, 0.29) is 54.9 Å². The molecule has 4 radical (unpaired) electrons. The Labute approximate surface area is 54.9 Å². The first-order chi connectivity index (χ1) is 0. The molecular weight excluding hydrogens is 171 g/mol. The Hall–Kier alpha value is 1.64. The number of rotatable bonds is 0. The van der Waals surface area contributed by atoms with E-state index in [1.54, 1.807) is 0 Å². The van der Waals surface area contributed by atoms with Crippen molar-refractivity contribution in [3.8, 4) is 0 Å². The van der Waals surface area contributed by atoms with E-state index in [1.165, 1.54) is 0 Å². The second kappa shape index (κ2) is 22.9. The van der Waals surface area contributed by atoms with Gasteiger partial charge in [-0.25, -0.2) is 0 Å². The van der Waals surface area contributed by atoms with E-state index in [2.05, 4.69) is 0 Å². The number of hydrogen-bond donors (Lipinski definition) is 0. The molecule has 0 saturated heterocycles. The molecule has 0 amide bonds. The van der Waals surface area contributed by atoms with Gasteiger partial charge in [-0.1, -0.05) is 0 Å². The van der Waals surface area contributed by atoms with Gasteiger partial charge in [0.2, 0.25) is 0 Å². The molecule has 4 heavy (non-hydrogen) atoms. The van der Waals surface area contributed by atoms with Crippen molar-refractivity contribution in [2.24, 2.45) is 0 Å². The summed E-state index contributed by atoms with van der Waals surface area (Å²) >= 11 is 0. The van der Waals surface area contributed by atoms with Crippen molar-refractivity contribution >= 4 is 18.3 Å². The predicted octanol–water partition coefficient (Wildman–Crippen LogP) is -0.328. The molecule has 0 N–H and O–H groups in total. The van der Waals surface area contributed by atoms with Crippen molar-refractivity contribution in [1.29, 1.82) is 0 Å². The molecule has 0 rings (SSSR count). The smallest absolute Gasteiger partial charge is 0 e. The zero-order chi connectivity index (χ0) is 0. The Morgan fingerprint density at radius 2 is 1.00 bits per heavy atom. The molecule has 0 aromatic heterocycles. The van der Waals surface area contributed by atoms with Crippen LogP contribution in [0.25, 0.3) is 0 Å². The van der Waals surface area contributed by atoms with Gasteiger partial charge >= 0.3 is 0 Å². The Morgan fingerprint density at radius 1 is 1.00 bits per heavy atom. The third-order valence-electron chi connectivity index (χ3n) is 0. The fourth-order valence-electron chi connectivity index (χ4n) is 0. The molecule has 0 spiro atoms. The molecule has 0 heterocycles. The summed E-state index contributed by atoms with van der Waals surface area (Å²) in [6.45, 7) is 0. The van der Waals surface area contributed by atoms with Crippen molar-refractivity contribution in [2.45, 2.75) is 0 Å². The topological polar surface area (TPSA) is 0 Å². The fraction of sp³-hybridized carbons (Fsp3) is 0. The standard InChI is InChI=1S/B.Cu.H3P.Zn/h;;1H3;. The summed E-state index contributed by atoms with van der Waals surface area (Å²) in [5, 5.41) is 0. The van der Waals surface area contributed by atoms with E-state index in [9.17, 15) is 0 Å². The molecule has 0 aromatic carbocycles. The summed E-state index contributed by atoms with van der Waals surface area (Å²) in [5.41, 5.74) is 0. The van der Waals surface area contributed by atoms with Crippen molar-refractivity contribution in [1.82, 2.24) is 0 Å². The molecule has 0 bridgehead atoms. The van der Waals surface area contributed by atoms with E-state index in [4.69, 9.17) is 0 Å². The fourth-order valence-corrected chi connectivity index (χ4v) is 0. The zero-order valence-electron chi connectivity index (χ0n) is 2.29. The van der Waals surface area contributed by atoms with Gasteiger partial charge in [0.25, 0.3) is 0 Å². The Bertz CT molecular complexity index is 8.00. The van der Waals surface area contributed by atoms with Gasteiger partial charge in [-0.15, -0.1) is 0 Å². The molecule has 0 saturated carbocycles. The van der Waals surface area contributed by atoms with Crippen molar-refractivity contribution in [2.75, 3.05) is 0 Å². The molecule has 0 aliphatic carbocycles. The summed E-state index contributed by atoms with van der Waals surface area (Å²) in [7, 11) is 0. The van der Waals surface area contributed by atoms with Gasteiger partial charge < -0.3 is 0 Å². The minimum absolute atomic E-state index is 0. The van der Waals surface area contributed by atoms with Crippen LogP contribution in [0.2, 0.25) is 0 Å². The molecular formula is H3BCuPZn. The van der Waals surface area contributed by atoms with E-state index in [0.29, 0.717) is 0 Å². The first-order valence-electron chi connectivity index (χ1n) is 0. The van der Waals surface area contributed by atoms with Crippen LogP contribution in [0.3, 0.4) is 0 Å². The largest absolute Gasteiger partial charge is 0.153 e. The molecule has 4 heteroatoms. The summed E-state index contributed by atoms with van der Waals surface area (Å²) in [6.07, 6.45) is 0. The van der Waals surface area contributed by atoms with Gasteiger partial charge in [0.05, 0.1) is 0 Å². The van der Waals surface area contributed by atoms with Gasteiger partial charge in [-0.3, -0.25) is 0 Å². The van der Waals surface area contributed by atoms with Crippen molar-refractivity contribution in [3.63, 3.8) is 0 Å². The van der Waals surface area contributed by atoms with Gasteiger partial charge in [0.15, 0.2) is 0 Å². The third-order valence-corrected chi connectivity index (χ3v) is 0. The second-order valence-electron chi connectivity index (χ2n) is 0. The first kappa shape index (κ1) is 45.2. The molecule has 1 unspecified atom stereocenters. The predicted molar refractivity (Wildman–Crippen MR) is 16.9 cm³/mol. The van der Waals surface area contributed by atoms with Crippen LogP contribution in [0.1, 0.15) is 0 Å². The molecule has 0 nitrogen and oxygen atoms in total. The van der Waals surface area contributed by atoms with Crippen LogP contribution >= 0.6 is 9.90 Å². The molecule has 0 aromatic rings. The van der Waals surface area contributed by atoms with Crippen LogP contribution in [0.5, 0.6) is 0 Å². The molecule has 1 atom stereocenters. The average Bonchev–Trinajstić information content (AvgIpc) is 0. The maximum absolute atomic E-state index is 0. The first-order valence-corrected chi connectivity index (χ1v) is 0. The Kier molecular flexibility index (Phi) is 259. The van der Waals surface area contributed by atoms with Crippen LogP contribution in [0.15, 0.2) is 0 Å². The molecule has 24 valence electrons. The quantitative estimate of drug-likeness (QED) is 0.348. The van der Waals surface area contributed by atoms with Crippen LogP contribution in [0.4, 0.5) is 0 Å². The maximum atomic E-state index is 0. The van der Waals surface area contributed by atoms with E-state index in [0.717, 1.165) is 0 Å². The van der Waals surface area contributed by atoms with Gasteiger partial charge in [0.1, 0.15) is 0 Å². The van der Waals surface area contributed by atoms with Crippen molar-refractivity contribution < 1.29 is 36.5 Å². The van der Waals surface area contributed by atoms with E-state index < -0.39 is 0 Å². The Balaban J connectivity index is 0. The average molecular weight is 174 g/mol. The molecule has 0 fully saturated rings.